The molecule has 2 aromatic carbocycles. The molecule has 1 aliphatic heterocycles. The third-order valence-corrected chi connectivity index (χ3v) is 4.22. The van der Waals surface area contributed by atoms with Crippen molar-refractivity contribution in [1.29, 1.82) is 0 Å². The van der Waals surface area contributed by atoms with Gasteiger partial charge >= 0.3 is 0 Å². The molecular weight excluding hydrogens is 256 g/mol. The van der Waals surface area contributed by atoms with Crippen molar-refractivity contribution < 1.29 is 9.53 Å². The lowest BCUT2D eigenvalue weighted by Gasteiger charge is -2.07. The minimum absolute atomic E-state index is 0.705. The minimum atomic E-state index is 0.705. The molecular formula is C16H12O2S. The maximum Gasteiger partial charge on any atom is 0.150 e. The van der Waals surface area contributed by atoms with Crippen LogP contribution >= 0.6 is 11.8 Å². The third-order valence-electron chi connectivity index (χ3n) is 3.05. The van der Waals surface area contributed by atoms with Crippen LogP contribution in [0.2, 0.25) is 0 Å². The summed E-state index contributed by atoms with van der Waals surface area (Å²) < 4.78 is 5.25. The molecule has 0 atom stereocenters. The number of hydrogen-bond donors (Lipinski definition) is 0. The zero-order valence-corrected chi connectivity index (χ0v) is 11.2. The summed E-state index contributed by atoms with van der Waals surface area (Å²) in [7, 11) is 1.67. The Morgan fingerprint density at radius 2 is 1.84 bits per heavy atom. The highest BCUT2D eigenvalue weighted by Crippen LogP contribution is 2.38. The van der Waals surface area contributed by atoms with Gasteiger partial charge in [-0.25, -0.2) is 0 Å². The van der Waals surface area contributed by atoms with Crippen molar-refractivity contribution in [3.05, 3.63) is 53.1 Å². The van der Waals surface area contributed by atoms with Crippen LogP contribution in [0.4, 0.5) is 0 Å². The fourth-order valence-electron chi connectivity index (χ4n) is 2.03. The van der Waals surface area contributed by atoms with Gasteiger partial charge in [-0.15, -0.1) is 0 Å². The van der Waals surface area contributed by atoms with Crippen LogP contribution in [0.5, 0.6) is 5.75 Å². The summed E-state index contributed by atoms with van der Waals surface area (Å²) in [4.78, 5) is 13.1. The molecule has 2 aromatic rings. The van der Waals surface area contributed by atoms with E-state index < -0.39 is 0 Å². The molecule has 94 valence electrons. The van der Waals surface area contributed by atoms with Crippen LogP contribution in [0.25, 0.3) is 12.2 Å². The second-order valence-corrected chi connectivity index (χ2v) is 5.34. The molecule has 0 N–H and O–H groups in total. The van der Waals surface area contributed by atoms with Gasteiger partial charge in [0.05, 0.1) is 7.11 Å². The summed E-state index contributed by atoms with van der Waals surface area (Å²) in [6.07, 6.45) is 5.03. The highest BCUT2D eigenvalue weighted by molar-refractivity contribution is 7.99. The van der Waals surface area contributed by atoms with E-state index in [-0.39, 0.29) is 0 Å². The number of aldehydes is 1. The first-order valence-electron chi connectivity index (χ1n) is 5.93. The van der Waals surface area contributed by atoms with Crippen LogP contribution in [-0.2, 0) is 0 Å². The van der Waals surface area contributed by atoms with Gasteiger partial charge in [0.1, 0.15) is 12.0 Å². The predicted octanol–water partition coefficient (Wildman–Crippen LogP) is 4.14. The van der Waals surface area contributed by atoms with Crippen molar-refractivity contribution in [3.8, 4) is 5.75 Å². The highest BCUT2D eigenvalue weighted by Gasteiger charge is 2.11. The quantitative estimate of drug-likeness (QED) is 0.653. The van der Waals surface area contributed by atoms with Gasteiger partial charge in [-0.05, 0) is 35.4 Å². The molecule has 0 aromatic heterocycles. The topological polar surface area (TPSA) is 26.3 Å². The summed E-state index contributed by atoms with van der Waals surface area (Å²) in [6.45, 7) is 0. The average molecular weight is 268 g/mol. The molecule has 0 fully saturated rings. The van der Waals surface area contributed by atoms with Crippen molar-refractivity contribution in [1.82, 2.24) is 0 Å². The second kappa shape index (κ2) is 4.94. The Labute approximate surface area is 116 Å². The fraction of sp³-hybridized carbons (Fsp3) is 0.0625. The molecule has 0 unspecified atom stereocenters. The number of methoxy groups -OCH3 is 1. The molecule has 0 saturated heterocycles. The summed E-state index contributed by atoms with van der Waals surface area (Å²) in [5, 5.41) is 0. The van der Waals surface area contributed by atoms with Crippen LogP contribution in [0.15, 0.2) is 46.2 Å². The van der Waals surface area contributed by atoms with Crippen LogP contribution in [-0.4, -0.2) is 13.4 Å². The zero-order valence-electron chi connectivity index (χ0n) is 10.4. The molecule has 19 heavy (non-hydrogen) atoms. The Balaban J connectivity index is 2.09. The van der Waals surface area contributed by atoms with Crippen molar-refractivity contribution in [3.63, 3.8) is 0 Å². The number of carbonyl (C=O) groups is 1. The van der Waals surface area contributed by atoms with Crippen molar-refractivity contribution in [2.75, 3.05) is 7.11 Å². The van der Waals surface area contributed by atoms with Gasteiger partial charge in [-0.2, -0.15) is 0 Å². The van der Waals surface area contributed by atoms with E-state index in [4.69, 9.17) is 4.74 Å². The Morgan fingerprint density at radius 1 is 1.00 bits per heavy atom. The van der Waals surface area contributed by atoms with E-state index in [1.54, 1.807) is 18.9 Å². The first kappa shape index (κ1) is 12.1. The van der Waals surface area contributed by atoms with Gasteiger partial charge in [0.25, 0.3) is 0 Å². The minimum Gasteiger partial charge on any atom is -0.497 e. The molecule has 3 heteroatoms. The zero-order chi connectivity index (χ0) is 13.2. The maximum atomic E-state index is 10.9. The first-order chi connectivity index (χ1) is 9.30. The number of carbonyl (C=O) groups excluding carboxylic acids is 1. The summed E-state index contributed by atoms with van der Waals surface area (Å²) in [5.41, 5.74) is 2.97. The van der Waals surface area contributed by atoms with E-state index in [2.05, 4.69) is 12.2 Å². The van der Waals surface area contributed by atoms with E-state index in [1.807, 2.05) is 36.4 Å². The first-order valence-corrected chi connectivity index (χ1v) is 6.75. The molecule has 0 spiro atoms. The van der Waals surface area contributed by atoms with Crippen LogP contribution in [0.1, 0.15) is 21.5 Å². The largest absolute Gasteiger partial charge is 0.497 e. The lowest BCUT2D eigenvalue weighted by atomic mass is 10.1. The normalized spacial score (nSPS) is 12.3. The standard InChI is InChI=1S/C16H12O2S/c1-18-14-6-7-15-13(9-14)5-4-12-3-2-11(10-17)8-16(12)19-15/h2-10H,1H3. The SMILES string of the molecule is COc1ccc2c(c1)C=Cc1ccc(C=O)cc1S2. The molecule has 0 saturated carbocycles. The number of benzene rings is 2. The van der Waals surface area contributed by atoms with Gasteiger partial charge in [0, 0.05) is 15.4 Å². The summed E-state index contributed by atoms with van der Waals surface area (Å²) in [5.74, 6) is 0.850. The van der Waals surface area contributed by atoms with Crippen molar-refractivity contribution in [2.45, 2.75) is 9.79 Å². The lowest BCUT2D eigenvalue weighted by molar-refractivity contribution is 0.112. The highest BCUT2D eigenvalue weighted by atomic mass is 32.2. The molecule has 0 amide bonds. The Bertz CT molecular complexity index is 674. The average Bonchev–Trinajstić information content (AvgIpc) is 2.64. The van der Waals surface area contributed by atoms with E-state index in [9.17, 15) is 4.79 Å². The van der Waals surface area contributed by atoms with E-state index in [0.29, 0.717) is 5.56 Å². The Kier molecular flexibility index (Phi) is 3.13. The van der Waals surface area contributed by atoms with Gasteiger partial charge in [-0.1, -0.05) is 36.0 Å². The van der Waals surface area contributed by atoms with Crippen LogP contribution < -0.4 is 4.74 Å². The van der Waals surface area contributed by atoms with Gasteiger partial charge in [0.2, 0.25) is 0 Å². The van der Waals surface area contributed by atoms with Gasteiger partial charge in [0.15, 0.2) is 0 Å². The van der Waals surface area contributed by atoms with Crippen LogP contribution in [0.3, 0.4) is 0 Å². The molecule has 0 bridgehead atoms. The number of fused-ring (bicyclic) bond motifs is 2. The second-order valence-electron chi connectivity index (χ2n) is 4.25. The van der Waals surface area contributed by atoms with Crippen LogP contribution in [0, 0.1) is 0 Å². The molecule has 1 heterocycles. The number of ether oxygens (including phenoxy) is 1. The molecule has 0 radical (unpaired) electrons. The van der Waals surface area contributed by atoms with E-state index in [1.165, 1.54) is 4.90 Å². The van der Waals surface area contributed by atoms with Crippen molar-refractivity contribution in [2.24, 2.45) is 0 Å². The monoisotopic (exact) mass is 268 g/mol. The van der Waals surface area contributed by atoms with Crippen molar-refractivity contribution >= 4 is 30.2 Å². The van der Waals surface area contributed by atoms with Gasteiger partial charge in [-0.3, -0.25) is 4.79 Å². The summed E-state index contributed by atoms with van der Waals surface area (Å²) >= 11 is 1.68. The van der Waals surface area contributed by atoms with Gasteiger partial charge < -0.3 is 4.74 Å². The summed E-state index contributed by atoms with van der Waals surface area (Å²) in [6, 6.07) is 11.8. The maximum absolute atomic E-state index is 10.9. The van der Waals surface area contributed by atoms with E-state index >= 15 is 0 Å². The molecule has 0 aliphatic carbocycles. The Hall–Kier alpha value is -2.00. The molecule has 2 nitrogen and oxygen atoms in total. The number of hydrogen-bond acceptors (Lipinski definition) is 3. The third kappa shape index (κ3) is 2.29. The molecule has 3 rings (SSSR count). The number of rotatable bonds is 2. The fourth-order valence-corrected chi connectivity index (χ4v) is 3.09. The molecule has 1 aliphatic rings. The smallest absolute Gasteiger partial charge is 0.150 e. The van der Waals surface area contributed by atoms with E-state index in [0.717, 1.165) is 28.1 Å². The predicted molar refractivity (Wildman–Crippen MR) is 77.9 cm³/mol. The lowest BCUT2D eigenvalue weighted by Crippen LogP contribution is -1.86. The Morgan fingerprint density at radius 3 is 2.63 bits per heavy atom.